The smallest absolute Gasteiger partial charge is 0.306 e. The normalized spacial score (nSPS) is 55.4. The summed E-state index contributed by atoms with van der Waals surface area (Å²) in [5.74, 6) is 0.452. The molecular weight excluding hydrogens is 440 g/mol. The Morgan fingerprint density at radius 1 is 0.943 bits per heavy atom. The molecule has 4 fully saturated rings. The highest BCUT2D eigenvalue weighted by Crippen LogP contribution is 2.74. The molecule has 0 aromatic carbocycles. The van der Waals surface area contributed by atoms with E-state index in [2.05, 4.69) is 47.6 Å². The van der Waals surface area contributed by atoms with Crippen LogP contribution in [-0.4, -0.2) is 39.8 Å². The van der Waals surface area contributed by atoms with Gasteiger partial charge in [-0.3, -0.25) is 9.59 Å². The molecule has 0 bridgehead atoms. The van der Waals surface area contributed by atoms with E-state index in [1.807, 2.05) is 13.8 Å². The second kappa shape index (κ2) is 7.43. The largest absolute Gasteiger partial charge is 0.459 e. The zero-order chi connectivity index (χ0) is 25.9. The van der Waals surface area contributed by atoms with Gasteiger partial charge in [-0.25, -0.2) is 0 Å². The molecule has 0 unspecified atom stereocenters. The SMILES string of the molecule is C[C@H]1[C@H](C)CC(=O)O[C@]2(C)CC[C@]3(C)C(=C[C@@H](O)[C@@H]4[C@@]5(C)[C@H](O)CC(=O)C(C)(C)[C@@H]5CC[C@]43C)[C@H]12. The second-order valence-electron chi connectivity index (χ2n) is 14.5. The monoisotopic (exact) mass is 486 g/mol. The summed E-state index contributed by atoms with van der Waals surface area (Å²) in [7, 11) is 0. The average Bonchev–Trinajstić information content (AvgIpc) is 2.82. The summed E-state index contributed by atoms with van der Waals surface area (Å²) in [6.07, 6.45) is 4.72. The van der Waals surface area contributed by atoms with Crippen LogP contribution in [-0.2, 0) is 14.3 Å². The van der Waals surface area contributed by atoms with Gasteiger partial charge in [-0.05, 0) is 61.2 Å². The molecular formula is C30H46O5. The van der Waals surface area contributed by atoms with Gasteiger partial charge >= 0.3 is 5.97 Å². The van der Waals surface area contributed by atoms with Crippen LogP contribution in [0.25, 0.3) is 0 Å². The van der Waals surface area contributed by atoms with Gasteiger partial charge in [-0.1, -0.05) is 60.1 Å². The lowest BCUT2D eigenvalue weighted by Crippen LogP contribution is -2.70. The molecule has 0 aromatic rings. The third-order valence-electron chi connectivity index (χ3n) is 12.7. The molecule has 1 saturated heterocycles. The number of fused-ring (bicyclic) bond motifs is 7. The molecule has 3 saturated carbocycles. The van der Waals surface area contributed by atoms with E-state index in [4.69, 9.17) is 4.74 Å². The Morgan fingerprint density at radius 2 is 1.60 bits per heavy atom. The Kier molecular flexibility index (Phi) is 5.40. The van der Waals surface area contributed by atoms with Crippen LogP contribution in [0.4, 0.5) is 0 Å². The Bertz CT molecular complexity index is 983. The van der Waals surface area contributed by atoms with Gasteiger partial charge in [0.2, 0.25) is 0 Å². The summed E-state index contributed by atoms with van der Waals surface area (Å²) in [5, 5.41) is 23.4. The third kappa shape index (κ3) is 3.00. The Morgan fingerprint density at radius 3 is 2.26 bits per heavy atom. The average molecular weight is 487 g/mol. The van der Waals surface area contributed by atoms with Crippen LogP contribution in [0.2, 0.25) is 0 Å². The first kappa shape index (κ1) is 25.4. The van der Waals surface area contributed by atoms with E-state index in [-0.39, 0.29) is 58.6 Å². The van der Waals surface area contributed by atoms with Crippen molar-refractivity contribution >= 4 is 11.8 Å². The van der Waals surface area contributed by atoms with Gasteiger partial charge in [0.05, 0.1) is 12.2 Å². The molecule has 0 spiro atoms. The first-order valence-electron chi connectivity index (χ1n) is 13.9. The summed E-state index contributed by atoms with van der Waals surface area (Å²) >= 11 is 0. The molecule has 1 aliphatic heterocycles. The number of carbonyl (C=O) groups excluding carboxylic acids is 2. The van der Waals surface area contributed by atoms with Crippen LogP contribution < -0.4 is 0 Å². The van der Waals surface area contributed by atoms with Crippen LogP contribution in [0.5, 0.6) is 0 Å². The van der Waals surface area contributed by atoms with Crippen molar-refractivity contribution in [3.8, 4) is 0 Å². The molecule has 5 heteroatoms. The maximum atomic E-state index is 13.0. The van der Waals surface area contributed by atoms with E-state index >= 15 is 0 Å². The fourth-order valence-electron chi connectivity index (χ4n) is 10.3. The molecule has 5 aliphatic rings. The van der Waals surface area contributed by atoms with Gasteiger partial charge in [-0.15, -0.1) is 0 Å². The standard InChI is InChI=1S/C30H46O5/c1-16-13-23(34)35-29(7)12-11-27(5)18(24(29)17(16)2)14-19(31)25-28(27,6)10-9-20-26(3,4)21(32)15-22(33)30(20,25)8/h14,16-17,19-20,22,24-25,31,33H,9-13,15H2,1-8H3/t16-,17+,19-,20+,22-,24+,25+,27-,28-,29-,30-/m1/s1. The van der Waals surface area contributed by atoms with Crippen molar-refractivity contribution in [3.05, 3.63) is 11.6 Å². The van der Waals surface area contributed by atoms with Gasteiger partial charge in [0.1, 0.15) is 11.4 Å². The van der Waals surface area contributed by atoms with Crippen molar-refractivity contribution in [1.82, 2.24) is 0 Å². The van der Waals surface area contributed by atoms with Gasteiger partial charge < -0.3 is 14.9 Å². The van der Waals surface area contributed by atoms with E-state index in [1.54, 1.807) is 0 Å². The lowest BCUT2D eigenvalue weighted by Gasteiger charge is -2.71. The van der Waals surface area contributed by atoms with Crippen LogP contribution in [0.3, 0.4) is 0 Å². The first-order valence-corrected chi connectivity index (χ1v) is 13.9. The van der Waals surface area contributed by atoms with E-state index in [0.717, 1.165) is 25.7 Å². The molecule has 0 amide bonds. The van der Waals surface area contributed by atoms with Crippen LogP contribution in [0.15, 0.2) is 11.6 Å². The van der Waals surface area contributed by atoms with Gasteiger partial charge in [0.25, 0.3) is 0 Å². The van der Waals surface area contributed by atoms with Crippen molar-refractivity contribution in [2.45, 2.75) is 112 Å². The molecule has 196 valence electrons. The molecule has 0 aromatic heterocycles. The molecule has 1 heterocycles. The quantitative estimate of drug-likeness (QED) is 0.368. The van der Waals surface area contributed by atoms with Crippen LogP contribution in [0, 0.1) is 51.2 Å². The molecule has 5 rings (SSSR count). The third-order valence-corrected chi connectivity index (χ3v) is 12.7. The number of carbonyl (C=O) groups is 2. The molecule has 4 aliphatic carbocycles. The topological polar surface area (TPSA) is 83.8 Å². The number of ketones is 1. The molecule has 5 nitrogen and oxygen atoms in total. The first-order chi connectivity index (χ1) is 16.0. The number of ether oxygens (including phenoxy) is 1. The number of hydrogen-bond acceptors (Lipinski definition) is 5. The van der Waals surface area contributed by atoms with E-state index < -0.39 is 28.6 Å². The molecule has 2 N–H and O–H groups in total. The van der Waals surface area contributed by atoms with Crippen LogP contribution in [0.1, 0.15) is 93.9 Å². The summed E-state index contributed by atoms with van der Waals surface area (Å²) < 4.78 is 6.16. The highest BCUT2D eigenvalue weighted by Gasteiger charge is 2.72. The highest BCUT2D eigenvalue weighted by atomic mass is 16.6. The van der Waals surface area contributed by atoms with Crippen molar-refractivity contribution in [1.29, 1.82) is 0 Å². The zero-order valence-corrected chi connectivity index (χ0v) is 23.0. The molecule has 35 heavy (non-hydrogen) atoms. The number of aliphatic hydroxyl groups excluding tert-OH is 2. The lowest BCUT2D eigenvalue weighted by molar-refractivity contribution is -0.237. The zero-order valence-electron chi connectivity index (χ0n) is 23.0. The lowest BCUT2D eigenvalue weighted by atomic mass is 9.33. The Balaban J connectivity index is 1.67. The fraction of sp³-hybridized carbons (Fsp3) is 0.867. The minimum atomic E-state index is -0.752. The molecule has 0 radical (unpaired) electrons. The van der Waals surface area contributed by atoms with Crippen molar-refractivity contribution in [2.75, 3.05) is 0 Å². The maximum absolute atomic E-state index is 13.0. The van der Waals surface area contributed by atoms with Gasteiger partial charge in [-0.2, -0.15) is 0 Å². The summed E-state index contributed by atoms with van der Waals surface area (Å²) in [6.45, 7) is 17.4. The Labute approximate surface area is 211 Å². The summed E-state index contributed by atoms with van der Waals surface area (Å²) in [4.78, 5) is 25.6. The van der Waals surface area contributed by atoms with E-state index in [1.165, 1.54) is 5.57 Å². The van der Waals surface area contributed by atoms with Gasteiger partial charge in [0.15, 0.2) is 0 Å². The minimum Gasteiger partial charge on any atom is -0.459 e. The number of hydrogen-bond donors (Lipinski definition) is 2. The van der Waals surface area contributed by atoms with Crippen LogP contribution >= 0.6 is 0 Å². The number of aliphatic hydroxyl groups is 2. The van der Waals surface area contributed by atoms with Crippen molar-refractivity contribution in [2.24, 2.45) is 51.2 Å². The molecule has 11 atom stereocenters. The number of esters is 1. The predicted octanol–water partition coefficient (Wildman–Crippen LogP) is 5.08. The van der Waals surface area contributed by atoms with E-state index in [9.17, 15) is 19.8 Å². The van der Waals surface area contributed by atoms with E-state index in [0.29, 0.717) is 6.42 Å². The number of Topliss-reactive ketones (excluding diaryl/α,β-unsaturated/α-hetero) is 1. The number of rotatable bonds is 0. The summed E-state index contributed by atoms with van der Waals surface area (Å²) in [6, 6.07) is 0. The second-order valence-corrected chi connectivity index (χ2v) is 14.5. The Hall–Kier alpha value is -1.20. The minimum absolute atomic E-state index is 0.0316. The predicted molar refractivity (Wildman–Crippen MR) is 134 cm³/mol. The van der Waals surface area contributed by atoms with Crippen molar-refractivity contribution < 1.29 is 24.5 Å². The van der Waals surface area contributed by atoms with Gasteiger partial charge in [0, 0.05) is 35.5 Å². The van der Waals surface area contributed by atoms with Crippen molar-refractivity contribution in [3.63, 3.8) is 0 Å². The highest BCUT2D eigenvalue weighted by molar-refractivity contribution is 5.86. The fourth-order valence-corrected chi connectivity index (χ4v) is 10.3. The maximum Gasteiger partial charge on any atom is 0.306 e. The summed E-state index contributed by atoms with van der Waals surface area (Å²) in [5.41, 5.74) is -0.774.